The molecular weight excluding hydrogens is 236 g/mol. The third kappa shape index (κ3) is 3.20. The Balaban J connectivity index is 2.11. The monoisotopic (exact) mass is 254 g/mol. The lowest BCUT2D eigenvalue weighted by molar-refractivity contribution is 0.346. The van der Waals surface area contributed by atoms with Crippen LogP contribution in [0.1, 0.15) is 24.8 Å². The van der Waals surface area contributed by atoms with E-state index >= 15 is 0 Å². The summed E-state index contributed by atoms with van der Waals surface area (Å²) >= 11 is 0. The minimum absolute atomic E-state index is 0.0536. The molecule has 94 valence electrons. The van der Waals surface area contributed by atoms with Gasteiger partial charge in [0.05, 0.1) is 5.75 Å². The van der Waals surface area contributed by atoms with Gasteiger partial charge in [-0.25, -0.2) is 12.7 Å². The van der Waals surface area contributed by atoms with Gasteiger partial charge in [-0.15, -0.1) is 0 Å². The number of nitrogen functional groups attached to an aromatic ring is 1. The molecule has 0 radical (unpaired) electrons. The van der Waals surface area contributed by atoms with Crippen molar-refractivity contribution in [3.8, 4) is 0 Å². The number of rotatable bonds is 3. The van der Waals surface area contributed by atoms with Gasteiger partial charge in [0.2, 0.25) is 10.0 Å². The Morgan fingerprint density at radius 3 is 2.53 bits per heavy atom. The summed E-state index contributed by atoms with van der Waals surface area (Å²) in [5, 5.41) is 0. The quantitative estimate of drug-likeness (QED) is 0.833. The van der Waals surface area contributed by atoms with Crippen LogP contribution in [-0.2, 0) is 15.8 Å². The molecule has 0 saturated carbocycles. The lowest BCUT2D eigenvalue weighted by Gasteiger charge is -2.25. The van der Waals surface area contributed by atoms with Crippen molar-refractivity contribution >= 4 is 15.7 Å². The average Bonchev–Trinajstić information content (AvgIpc) is 2.29. The largest absolute Gasteiger partial charge is 0.399 e. The molecule has 0 aliphatic carbocycles. The smallest absolute Gasteiger partial charge is 0.218 e. The maximum atomic E-state index is 12.2. The lowest BCUT2D eigenvalue weighted by Crippen LogP contribution is -2.36. The third-order valence-electron chi connectivity index (χ3n) is 3.01. The summed E-state index contributed by atoms with van der Waals surface area (Å²) < 4.78 is 25.9. The van der Waals surface area contributed by atoms with Crippen LogP contribution in [0.25, 0.3) is 0 Å². The number of nitrogens with two attached hydrogens (primary N) is 1. The standard InChI is InChI=1S/C12H18N2O2S/c13-12-6-4-5-11(9-12)10-17(15,16)14-7-2-1-3-8-14/h4-6,9H,1-3,7-8,10,13H2. The van der Waals surface area contributed by atoms with Gasteiger partial charge in [0.1, 0.15) is 0 Å². The Kier molecular flexibility index (Phi) is 3.69. The zero-order chi connectivity index (χ0) is 12.3. The van der Waals surface area contributed by atoms with Gasteiger partial charge < -0.3 is 5.73 Å². The Hall–Kier alpha value is -1.07. The van der Waals surface area contributed by atoms with Crippen molar-refractivity contribution in [2.24, 2.45) is 0 Å². The van der Waals surface area contributed by atoms with Gasteiger partial charge >= 0.3 is 0 Å². The van der Waals surface area contributed by atoms with Gasteiger partial charge in [-0.05, 0) is 30.5 Å². The highest BCUT2D eigenvalue weighted by atomic mass is 32.2. The van der Waals surface area contributed by atoms with Crippen LogP contribution >= 0.6 is 0 Å². The molecule has 0 atom stereocenters. The maximum absolute atomic E-state index is 12.2. The molecule has 1 aliphatic rings. The van der Waals surface area contributed by atoms with E-state index in [1.165, 1.54) is 0 Å². The second-order valence-corrected chi connectivity index (χ2v) is 6.43. The van der Waals surface area contributed by atoms with Crippen LogP contribution in [0.2, 0.25) is 0 Å². The normalized spacial score (nSPS) is 18.1. The van der Waals surface area contributed by atoms with Crippen molar-refractivity contribution in [3.05, 3.63) is 29.8 Å². The number of piperidine rings is 1. The van der Waals surface area contributed by atoms with E-state index in [2.05, 4.69) is 0 Å². The van der Waals surface area contributed by atoms with Gasteiger partial charge in [0, 0.05) is 18.8 Å². The van der Waals surface area contributed by atoms with Crippen molar-refractivity contribution in [1.82, 2.24) is 4.31 Å². The van der Waals surface area contributed by atoms with E-state index in [-0.39, 0.29) is 5.75 Å². The van der Waals surface area contributed by atoms with E-state index in [0.717, 1.165) is 24.8 Å². The average molecular weight is 254 g/mol. The van der Waals surface area contributed by atoms with Gasteiger partial charge in [-0.2, -0.15) is 0 Å². The summed E-state index contributed by atoms with van der Waals surface area (Å²) in [6.45, 7) is 1.31. The van der Waals surface area contributed by atoms with Crippen LogP contribution in [0.3, 0.4) is 0 Å². The molecule has 0 spiro atoms. The van der Waals surface area contributed by atoms with E-state index in [4.69, 9.17) is 5.73 Å². The lowest BCUT2D eigenvalue weighted by atomic mass is 10.2. The van der Waals surface area contributed by atoms with Gasteiger partial charge in [0.15, 0.2) is 0 Å². The van der Waals surface area contributed by atoms with Crippen LogP contribution in [0.4, 0.5) is 5.69 Å². The van der Waals surface area contributed by atoms with Crippen molar-refractivity contribution < 1.29 is 8.42 Å². The highest BCUT2D eigenvalue weighted by Gasteiger charge is 2.23. The van der Waals surface area contributed by atoms with E-state index in [0.29, 0.717) is 18.8 Å². The van der Waals surface area contributed by atoms with E-state index in [9.17, 15) is 8.42 Å². The maximum Gasteiger partial charge on any atom is 0.218 e. The number of anilines is 1. The fourth-order valence-corrected chi connectivity index (χ4v) is 3.73. The molecule has 1 aliphatic heterocycles. The highest BCUT2D eigenvalue weighted by Crippen LogP contribution is 2.18. The molecule has 17 heavy (non-hydrogen) atoms. The number of hydrogen-bond acceptors (Lipinski definition) is 3. The molecule has 1 aromatic carbocycles. The van der Waals surface area contributed by atoms with Crippen LogP contribution in [-0.4, -0.2) is 25.8 Å². The molecule has 4 nitrogen and oxygen atoms in total. The molecule has 2 N–H and O–H groups in total. The van der Waals surface area contributed by atoms with E-state index in [1.54, 1.807) is 28.6 Å². The third-order valence-corrected chi connectivity index (χ3v) is 4.86. The molecule has 1 heterocycles. The van der Waals surface area contributed by atoms with Crippen molar-refractivity contribution in [2.45, 2.75) is 25.0 Å². The minimum atomic E-state index is -3.18. The van der Waals surface area contributed by atoms with Gasteiger partial charge in [0.25, 0.3) is 0 Å². The van der Waals surface area contributed by atoms with Gasteiger partial charge in [-0.3, -0.25) is 0 Å². The van der Waals surface area contributed by atoms with Crippen LogP contribution < -0.4 is 5.73 Å². The Bertz CT molecular complexity index is 479. The molecule has 2 rings (SSSR count). The zero-order valence-corrected chi connectivity index (χ0v) is 10.6. The molecule has 0 bridgehead atoms. The minimum Gasteiger partial charge on any atom is -0.399 e. The van der Waals surface area contributed by atoms with Crippen LogP contribution in [0.15, 0.2) is 24.3 Å². The molecule has 1 fully saturated rings. The molecular formula is C12H18N2O2S. The summed E-state index contributed by atoms with van der Waals surface area (Å²) in [6, 6.07) is 7.08. The topological polar surface area (TPSA) is 63.4 Å². The zero-order valence-electron chi connectivity index (χ0n) is 9.80. The summed E-state index contributed by atoms with van der Waals surface area (Å²) in [7, 11) is -3.18. The second-order valence-electron chi connectivity index (χ2n) is 4.46. The predicted molar refractivity (Wildman–Crippen MR) is 68.9 cm³/mol. The Morgan fingerprint density at radius 2 is 1.88 bits per heavy atom. The highest BCUT2D eigenvalue weighted by molar-refractivity contribution is 7.88. The first kappa shape index (κ1) is 12.4. The number of sulfonamides is 1. The van der Waals surface area contributed by atoms with Gasteiger partial charge in [-0.1, -0.05) is 18.6 Å². The van der Waals surface area contributed by atoms with Crippen molar-refractivity contribution in [2.75, 3.05) is 18.8 Å². The van der Waals surface area contributed by atoms with Crippen molar-refractivity contribution in [1.29, 1.82) is 0 Å². The first-order valence-electron chi connectivity index (χ1n) is 5.90. The predicted octanol–water partition coefficient (Wildman–Crippen LogP) is 1.58. The molecule has 0 aromatic heterocycles. The molecule has 5 heteroatoms. The van der Waals surface area contributed by atoms with Crippen LogP contribution in [0.5, 0.6) is 0 Å². The molecule has 0 unspecified atom stereocenters. The molecule has 0 amide bonds. The first-order chi connectivity index (χ1) is 8.08. The number of nitrogens with zero attached hydrogens (tertiary/aromatic N) is 1. The Morgan fingerprint density at radius 1 is 1.18 bits per heavy atom. The summed E-state index contributed by atoms with van der Waals surface area (Å²) in [5.74, 6) is 0.0536. The SMILES string of the molecule is Nc1cccc(CS(=O)(=O)N2CCCCC2)c1. The number of benzene rings is 1. The summed E-state index contributed by atoms with van der Waals surface area (Å²) in [4.78, 5) is 0. The fourth-order valence-electron chi connectivity index (χ4n) is 2.13. The molecule has 1 aromatic rings. The first-order valence-corrected chi connectivity index (χ1v) is 7.51. The summed E-state index contributed by atoms with van der Waals surface area (Å²) in [5.41, 5.74) is 7.01. The van der Waals surface area contributed by atoms with E-state index in [1.807, 2.05) is 0 Å². The Labute approximate surface area is 102 Å². The fraction of sp³-hybridized carbons (Fsp3) is 0.500. The van der Waals surface area contributed by atoms with Crippen LogP contribution in [0, 0.1) is 0 Å². The molecule has 1 saturated heterocycles. The summed E-state index contributed by atoms with van der Waals surface area (Å²) in [6.07, 6.45) is 3.07. The second kappa shape index (κ2) is 5.06. The van der Waals surface area contributed by atoms with Crippen molar-refractivity contribution in [3.63, 3.8) is 0 Å². The number of hydrogen-bond donors (Lipinski definition) is 1. The van der Waals surface area contributed by atoms with E-state index < -0.39 is 10.0 Å².